The number of para-hydroxylation sites is 1. The van der Waals surface area contributed by atoms with Gasteiger partial charge in [-0.15, -0.1) is 0 Å². The standard InChI is InChI=1S/C19H14N2O4.C2H6O/c1-2-13-6-5-7-14(12-13)15-8-3-4-9-16(15)20-19(22)17-10-11-18(25-17)21(23)24;1-3-2/h2-12H,1H2,(H,20,22);1-2H3. The topological polar surface area (TPSA) is 94.6 Å². The quantitative estimate of drug-likeness (QED) is 0.496. The summed E-state index contributed by atoms with van der Waals surface area (Å²) in [4.78, 5) is 22.3. The van der Waals surface area contributed by atoms with Gasteiger partial charge in [0.05, 0.1) is 6.07 Å². The lowest BCUT2D eigenvalue weighted by Crippen LogP contribution is -2.11. The molecule has 0 aliphatic carbocycles. The predicted octanol–water partition coefficient (Wildman–Crippen LogP) is 5.01. The number of hydrogen-bond acceptors (Lipinski definition) is 5. The van der Waals surface area contributed by atoms with Crippen molar-refractivity contribution in [3.05, 3.63) is 88.7 Å². The normalized spacial score (nSPS) is 9.79. The van der Waals surface area contributed by atoms with Crippen LogP contribution in [0.3, 0.4) is 0 Å². The van der Waals surface area contributed by atoms with Crippen LogP contribution < -0.4 is 5.32 Å². The lowest BCUT2D eigenvalue weighted by atomic mass is 10.0. The van der Waals surface area contributed by atoms with E-state index in [1.54, 1.807) is 32.4 Å². The van der Waals surface area contributed by atoms with E-state index in [9.17, 15) is 14.9 Å². The van der Waals surface area contributed by atoms with E-state index in [2.05, 4.69) is 16.6 Å². The molecule has 0 spiro atoms. The minimum atomic E-state index is -0.689. The second kappa shape index (κ2) is 9.84. The third-order valence-corrected chi connectivity index (χ3v) is 3.60. The Bertz CT molecular complexity index is 978. The highest BCUT2D eigenvalue weighted by atomic mass is 16.6. The number of amides is 1. The van der Waals surface area contributed by atoms with E-state index >= 15 is 0 Å². The molecule has 0 aliphatic heterocycles. The third-order valence-electron chi connectivity index (χ3n) is 3.60. The predicted molar refractivity (Wildman–Crippen MR) is 108 cm³/mol. The molecule has 1 N–H and O–H groups in total. The fraction of sp³-hybridized carbons (Fsp3) is 0.0952. The first kappa shape index (κ1) is 20.6. The van der Waals surface area contributed by atoms with E-state index in [1.807, 2.05) is 36.4 Å². The minimum Gasteiger partial charge on any atom is -0.395 e. The van der Waals surface area contributed by atoms with E-state index < -0.39 is 16.7 Å². The Kier molecular flexibility index (Phi) is 7.24. The lowest BCUT2D eigenvalue weighted by Gasteiger charge is -2.11. The number of carbonyl (C=O) groups excluding carboxylic acids is 1. The monoisotopic (exact) mass is 380 g/mol. The summed E-state index contributed by atoms with van der Waals surface area (Å²) in [5.74, 6) is -1.15. The van der Waals surface area contributed by atoms with Crippen LogP contribution in [0.2, 0.25) is 0 Å². The number of anilines is 1. The number of nitrogens with one attached hydrogen (secondary N) is 1. The van der Waals surface area contributed by atoms with Crippen LogP contribution >= 0.6 is 0 Å². The molecular formula is C21H20N2O5. The Balaban J connectivity index is 0.000000878. The van der Waals surface area contributed by atoms with E-state index in [0.29, 0.717) is 5.69 Å². The Hall–Kier alpha value is -3.71. The summed E-state index contributed by atoms with van der Waals surface area (Å²) in [6.07, 6.45) is 1.74. The van der Waals surface area contributed by atoms with Crippen LogP contribution in [0, 0.1) is 10.1 Å². The highest BCUT2D eigenvalue weighted by Gasteiger charge is 2.18. The lowest BCUT2D eigenvalue weighted by molar-refractivity contribution is -0.402. The van der Waals surface area contributed by atoms with E-state index in [4.69, 9.17) is 4.42 Å². The zero-order chi connectivity index (χ0) is 20.5. The fourth-order valence-electron chi connectivity index (χ4n) is 2.41. The molecule has 3 rings (SSSR count). The number of rotatable bonds is 5. The van der Waals surface area contributed by atoms with E-state index in [0.717, 1.165) is 22.8 Å². The van der Waals surface area contributed by atoms with Gasteiger partial charge in [0.25, 0.3) is 5.91 Å². The van der Waals surface area contributed by atoms with Crippen molar-refractivity contribution >= 4 is 23.6 Å². The minimum absolute atomic E-state index is 0.124. The molecule has 0 unspecified atom stereocenters. The molecule has 3 aromatic rings. The van der Waals surface area contributed by atoms with Gasteiger partial charge in [-0.25, -0.2) is 0 Å². The average Bonchev–Trinajstić information content (AvgIpc) is 3.20. The Morgan fingerprint density at radius 1 is 1.14 bits per heavy atom. The summed E-state index contributed by atoms with van der Waals surface area (Å²) in [7, 11) is 3.25. The van der Waals surface area contributed by atoms with Gasteiger partial charge in [-0.3, -0.25) is 14.9 Å². The molecule has 7 heteroatoms. The van der Waals surface area contributed by atoms with Gasteiger partial charge in [0.2, 0.25) is 0 Å². The van der Waals surface area contributed by atoms with Gasteiger partial charge in [-0.1, -0.05) is 49.1 Å². The molecule has 0 atom stereocenters. The molecule has 144 valence electrons. The third kappa shape index (κ3) is 5.15. The van der Waals surface area contributed by atoms with Crippen molar-refractivity contribution in [3.8, 4) is 11.1 Å². The first-order valence-corrected chi connectivity index (χ1v) is 8.27. The largest absolute Gasteiger partial charge is 0.433 e. The Morgan fingerprint density at radius 3 is 2.50 bits per heavy atom. The van der Waals surface area contributed by atoms with Crippen molar-refractivity contribution in [3.63, 3.8) is 0 Å². The number of furan rings is 1. The molecule has 0 bridgehead atoms. The average molecular weight is 380 g/mol. The molecule has 7 nitrogen and oxygen atoms in total. The smallest absolute Gasteiger partial charge is 0.395 e. The van der Waals surface area contributed by atoms with Crippen LogP contribution in [0.1, 0.15) is 16.1 Å². The van der Waals surface area contributed by atoms with Crippen molar-refractivity contribution in [2.24, 2.45) is 0 Å². The Morgan fingerprint density at radius 2 is 1.86 bits per heavy atom. The number of ether oxygens (including phenoxy) is 1. The molecule has 0 aliphatic rings. The number of nitro groups is 1. The van der Waals surface area contributed by atoms with Gasteiger partial charge < -0.3 is 14.5 Å². The van der Waals surface area contributed by atoms with Gasteiger partial charge in [0.1, 0.15) is 4.92 Å². The van der Waals surface area contributed by atoms with Crippen molar-refractivity contribution in [2.45, 2.75) is 0 Å². The molecular weight excluding hydrogens is 360 g/mol. The van der Waals surface area contributed by atoms with Crippen molar-refractivity contribution in [1.82, 2.24) is 0 Å². The summed E-state index contributed by atoms with van der Waals surface area (Å²) >= 11 is 0. The van der Waals surface area contributed by atoms with Gasteiger partial charge in [-0.05, 0) is 29.3 Å². The van der Waals surface area contributed by atoms with Crippen LogP contribution in [0.15, 0.2) is 71.7 Å². The molecule has 0 radical (unpaired) electrons. The fourth-order valence-corrected chi connectivity index (χ4v) is 2.41. The molecule has 1 heterocycles. The summed E-state index contributed by atoms with van der Waals surface area (Å²) in [6.45, 7) is 3.76. The molecule has 0 saturated carbocycles. The maximum absolute atomic E-state index is 12.3. The van der Waals surface area contributed by atoms with E-state index in [-0.39, 0.29) is 5.76 Å². The number of carbonyl (C=O) groups is 1. The number of methoxy groups -OCH3 is 1. The molecule has 0 fully saturated rings. The second-order valence-corrected chi connectivity index (χ2v) is 5.63. The zero-order valence-electron chi connectivity index (χ0n) is 15.5. The highest BCUT2D eigenvalue weighted by molar-refractivity contribution is 6.04. The van der Waals surface area contributed by atoms with Crippen molar-refractivity contribution < 1.29 is 18.9 Å². The van der Waals surface area contributed by atoms with Crippen molar-refractivity contribution in [2.75, 3.05) is 19.5 Å². The molecule has 0 saturated heterocycles. The Labute approximate surface area is 162 Å². The first-order valence-electron chi connectivity index (χ1n) is 8.27. The summed E-state index contributed by atoms with van der Waals surface area (Å²) in [5, 5.41) is 13.4. The highest BCUT2D eigenvalue weighted by Crippen LogP contribution is 2.29. The zero-order valence-corrected chi connectivity index (χ0v) is 15.5. The summed E-state index contributed by atoms with van der Waals surface area (Å²) in [6, 6.07) is 17.4. The van der Waals surface area contributed by atoms with Gasteiger partial charge in [0.15, 0.2) is 5.76 Å². The molecule has 28 heavy (non-hydrogen) atoms. The van der Waals surface area contributed by atoms with Gasteiger partial charge in [-0.2, -0.15) is 0 Å². The maximum Gasteiger partial charge on any atom is 0.433 e. The molecule has 1 aromatic heterocycles. The summed E-state index contributed by atoms with van der Waals surface area (Å²) in [5.41, 5.74) is 3.27. The second-order valence-electron chi connectivity index (χ2n) is 5.63. The van der Waals surface area contributed by atoms with Gasteiger partial charge in [0, 0.05) is 25.5 Å². The van der Waals surface area contributed by atoms with Gasteiger partial charge >= 0.3 is 5.88 Å². The first-order chi connectivity index (χ1) is 13.5. The molecule has 1 amide bonds. The van der Waals surface area contributed by atoms with Crippen LogP contribution in [0.4, 0.5) is 11.6 Å². The van der Waals surface area contributed by atoms with Crippen LogP contribution in [0.5, 0.6) is 0 Å². The van der Waals surface area contributed by atoms with Crippen LogP contribution in [0.25, 0.3) is 17.2 Å². The van der Waals surface area contributed by atoms with Crippen LogP contribution in [-0.4, -0.2) is 25.1 Å². The SMILES string of the molecule is C=Cc1cccc(-c2ccccc2NC(=O)c2ccc([N+](=O)[O-])o2)c1.COC. The molecule has 2 aromatic carbocycles. The number of hydrogen-bond donors (Lipinski definition) is 1. The van der Waals surface area contributed by atoms with Crippen molar-refractivity contribution in [1.29, 1.82) is 0 Å². The van der Waals surface area contributed by atoms with Crippen LogP contribution in [-0.2, 0) is 4.74 Å². The number of nitrogens with zero attached hydrogens (tertiary/aromatic N) is 1. The summed E-state index contributed by atoms with van der Waals surface area (Å²) < 4.78 is 9.19. The maximum atomic E-state index is 12.3. The van der Waals surface area contributed by atoms with E-state index in [1.165, 1.54) is 6.07 Å². The number of benzene rings is 2.